The Bertz CT molecular complexity index is 689. The zero-order valence-electron chi connectivity index (χ0n) is 11.3. The Hall–Kier alpha value is -1.47. The smallest absolute Gasteiger partial charge is 0.185 e. The fourth-order valence-electron chi connectivity index (χ4n) is 1.98. The average molecular weight is 293 g/mol. The largest absolute Gasteiger partial charge is 0.353 e. The molecule has 19 heavy (non-hydrogen) atoms. The highest BCUT2D eigenvalue weighted by Gasteiger charge is 2.15. The molecule has 100 valence electrons. The number of thiazole rings is 2. The minimum Gasteiger partial charge on any atom is -0.353 e. The highest BCUT2D eigenvalue weighted by atomic mass is 32.1. The molecule has 3 heterocycles. The van der Waals surface area contributed by atoms with Gasteiger partial charge in [-0.15, -0.1) is 11.3 Å². The maximum Gasteiger partial charge on any atom is 0.185 e. The molecule has 0 aliphatic rings. The quantitative estimate of drug-likeness (QED) is 0.805. The molecule has 7 heteroatoms. The minimum atomic E-state index is 0.166. The van der Waals surface area contributed by atoms with Gasteiger partial charge in [0.15, 0.2) is 10.8 Å². The van der Waals surface area contributed by atoms with Crippen LogP contribution in [0.15, 0.2) is 5.38 Å². The van der Waals surface area contributed by atoms with E-state index >= 15 is 0 Å². The van der Waals surface area contributed by atoms with Crippen LogP contribution in [0.3, 0.4) is 0 Å². The van der Waals surface area contributed by atoms with Crippen molar-refractivity contribution in [3.63, 3.8) is 0 Å². The Kier molecular flexibility index (Phi) is 3.02. The molecule has 0 spiro atoms. The van der Waals surface area contributed by atoms with Crippen LogP contribution in [-0.2, 0) is 7.05 Å². The molecule has 3 rings (SSSR count). The van der Waals surface area contributed by atoms with Crippen LogP contribution in [-0.4, -0.2) is 19.7 Å². The fourth-order valence-corrected chi connectivity index (χ4v) is 3.71. The van der Waals surface area contributed by atoms with Crippen molar-refractivity contribution in [2.24, 2.45) is 7.05 Å². The van der Waals surface area contributed by atoms with Gasteiger partial charge >= 0.3 is 0 Å². The van der Waals surface area contributed by atoms with E-state index in [4.69, 9.17) is 0 Å². The van der Waals surface area contributed by atoms with E-state index in [1.165, 1.54) is 0 Å². The molecule has 5 nitrogen and oxygen atoms in total. The van der Waals surface area contributed by atoms with E-state index in [1.54, 1.807) is 22.7 Å². The number of anilines is 1. The van der Waals surface area contributed by atoms with E-state index in [0.717, 1.165) is 31.9 Å². The lowest BCUT2D eigenvalue weighted by atomic mass is 10.3. The lowest BCUT2D eigenvalue weighted by Gasteiger charge is -2.09. The number of aromatic nitrogens is 4. The molecule has 0 aromatic carbocycles. The van der Waals surface area contributed by atoms with E-state index in [-0.39, 0.29) is 6.04 Å². The van der Waals surface area contributed by atoms with Gasteiger partial charge in [0.2, 0.25) is 0 Å². The van der Waals surface area contributed by atoms with Gasteiger partial charge in [-0.3, -0.25) is 0 Å². The summed E-state index contributed by atoms with van der Waals surface area (Å²) >= 11 is 3.32. The van der Waals surface area contributed by atoms with Crippen LogP contribution < -0.4 is 5.32 Å². The van der Waals surface area contributed by atoms with E-state index in [0.29, 0.717) is 0 Å². The molecule has 0 aliphatic heterocycles. The average Bonchev–Trinajstić information content (AvgIpc) is 3.00. The topological polar surface area (TPSA) is 55.6 Å². The summed E-state index contributed by atoms with van der Waals surface area (Å²) < 4.78 is 2.97. The summed E-state index contributed by atoms with van der Waals surface area (Å²) in [6.07, 6.45) is 0. The summed E-state index contributed by atoms with van der Waals surface area (Å²) in [5.74, 6) is 0. The zero-order valence-corrected chi connectivity index (χ0v) is 12.9. The highest BCUT2D eigenvalue weighted by molar-refractivity contribution is 7.22. The second-order valence-corrected chi connectivity index (χ2v) is 6.60. The summed E-state index contributed by atoms with van der Waals surface area (Å²) in [5.41, 5.74) is 3.03. The van der Waals surface area contributed by atoms with Crippen molar-refractivity contribution in [1.82, 2.24) is 19.7 Å². The zero-order chi connectivity index (χ0) is 13.6. The van der Waals surface area contributed by atoms with Crippen LogP contribution in [0.4, 0.5) is 5.13 Å². The molecular formula is C12H15N5S2. The number of hydrogen-bond acceptors (Lipinski definition) is 6. The lowest BCUT2D eigenvalue weighted by Crippen LogP contribution is -2.06. The number of rotatable bonds is 3. The standard InChI is InChI=1S/C12H15N5S2/c1-6(9-5-18-8(3)14-9)13-12-15-11-10(19-12)7(2)16-17(11)4/h5-6H,1-4H3,(H,13,15). The van der Waals surface area contributed by atoms with E-state index in [1.807, 2.05) is 25.6 Å². The van der Waals surface area contributed by atoms with Gasteiger partial charge in [0.25, 0.3) is 0 Å². The van der Waals surface area contributed by atoms with Crippen LogP contribution in [0, 0.1) is 13.8 Å². The summed E-state index contributed by atoms with van der Waals surface area (Å²) in [7, 11) is 1.92. The third-order valence-corrected chi connectivity index (χ3v) is 4.84. The van der Waals surface area contributed by atoms with Gasteiger partial charge in [0, 0.05) is 12.4 Å². The molecule has 0 radical (unpaired) electrons. The first-order valence-corrected chi connectivity index (χ1v) is 7.73. The second-order valence-electron chi connectivity index (χ2n) is 4.54. The number of aryl methyl sites for hydroxylation is 3. The Labute approximate surface area is 119 Å². The monoisotopic (exact) mass is 293 g/mol. The SMILES string of the molecule is Cc1nc(C(C)Nc2nc3c(s2)c(C)nn3C)cs1. The summed E-state index contributed by atoms with van der Waals surface area (Å²) in [6.45, 7) is 6.14. The molecule has 1 atom stereocenters. The van der Waals surface area contributed by atoms with E-state index < -0.39 is 0 Å². The van der Waals surface area contributed by atoms with Crippen LogP contribution in [0.25, 0.3) is 10.3 Å². The second kappa shape index (κ2) is 4.57. The predicted octanol–water partition coefficient (Wildman–Crippen LogP) is 3.28. The van der Waals surface area contributed by atoms with Crippen LogP contribution in [0.2, 0.25) is 0 Å². The van der Waals surface area contributed by atoms with Crippen molar-refractivity contribution in [1.29, 1.82) is 0 Å². The summed E-state index contributed by atoms with van der Waals surface area (Å²) in [5, 5.41) is 11.9. The number of nitrogens with one attached hydrogen (secondary N) is 1. The van der Waals surface area contributed by atoms with Crippen molar-refractivity contribution in [3.05, 3.63) is 21.8 Å². The van der Waals surface area contributed by atoms with Crippen molar-refractivity contribution in [2.45, 2.75) is 26.8 Å². The number of nitrogens with zero attached hydrogens (tertiary/aromatic N) is 4. The van der Waals surface area contributed by atoms with Gasteiger partial charge in [-0.25, -0.2) is 14.6 Å². The molecular weight excluding hydrogens is 278 g/mol. The Morgan fingerprint density at radius 1 is 1.32 bits per heavy atom. The van der Waals surface area contributed by atoms with Crippen molar-refractivity contribution in [2.75, 3.05) is 5.32 Å². The molecule has 0 saturated carbocycles. The lowest BCUT2D eigenvalue weighted by molar-refractivity contribution is 0.773. The van der Waals surface area contributed by atoms with Crippen LogP contribution in [0.5, 0.6) is 0 Å². The van der Waals surface area contributed by atoms with Crippen LogP contribution in [0.1, 0.15) is 29.4 Å². The molecule has 0 aliphatic carbocycles. The first-order valence-electron chi connectivity index (χ1n) is 6.03. The number of fused-ring (bicyclic) bond motifs is 1. The van der Waals surface area contributed by atoms with Gasteiger partial charge in [0.05, 0.1) is 27.1 Å². The Morgan fingerprint density at radius 3 is 2.74 bits per heavy atom. The van der Waals surface area contributed by atoms with Crippen molar-refractivity contribution >= 4 is 38.2 Å². The third kappa shape index (κ3) is 2.23. The summed E-state index contributed by atoms with van der Waals surface area (Å²) in [6, 6.07) is 0.166. The first-order chi connectivity index (χ1) is 9.04. The molecule has 1 N–H and O–H groups in total. The maximum atomic E-state index is 4.59. The first kappa shape index (κ1) is 12.6. The normalized spacial score (nSPS) is 13.1. The van der Waals surface area contributed by atoms with Crippen LogP contribution >= 0.6 is 22.7 Å². The van der Waals surface area contributed by atoms with Crippen molar-refractivity contribution < 1.29 is 0 Å². The maximum absolute atomic E-state index is 4.59. The summed E-state index contributed by atoms with van der Waals surface area (Å²) in [4.78, 5) is 9.09. The highest BCUT2D eigenvalue weighted by Crippen LogP contribution is 2.30. The molecule has 0 amide bonds. The molecule has 3 aromatic heterocycles. The fraction of sp³-hybridized carbons (Fsp3) is 0.417. The van der Waals surface area contributed by atoms with Gasteiger partial charge in [-0.1, -0.05) is 11.3 Å². The van der Waals surface area contributed by atoms with Gasteiger partial charge in [-0.05, 0) is 20.8 Å². The predicted molar refractivity (Wildman–Crippen MR) is 80.0 cm³/mol. The molecule has 3 aromatic rings. The van der Waals surface area contributed by atoms with Gasteiger partial charge in [-0.2, -0.15) is 5.10 Å². The molecule has 1 unspecified atom stereocenters. The minimum absolute atomic E-state index is 0.166. The van der Waals surface area contributed by atoms with E-state index in [2.05, 4.69) is 32.7 Å². The Morgan fingerprint density at radius 2 is 2.11 bits per heavy atom. The van der Waals surface area contributed by atoms with E-state index in [9.17, 15) is 0 Å². The van der Waals surface area contributed by atoms with Gasteiger partial charge < -0.3 is 5.32 Å². The third-order valence-electron chi connectivity index (χ3n) is 2.96. The Balaban J connectivity index is 1.87. The van der Waals surface area contributed by atoms with Crippen molar-refractivity contribution in [3.8, 4) is 0 Å². The number of hydrogen-bond donors (Lipinski definition) is 1. The molecule has 0 saturated heterocycles. The van der Waals surface area contributed by atoms with Gasteiger partial charge in [0.1, 0.15) is 0 Å². The molecule has 0 fully saturated rings. The molecule has 0 bridgehead atoms.